The van der Waals surface area contributed by atoms with Crippen molar-refractivity contribution in [2.24, 2.45) is 5.92 Å². The second kappa shape index (κ2) is 11.8. The molecule has 0 rings (SSSR count). The van der Waals surface area contributed by atoms with Crippen LogP contribution in [-0.4, -0.2) is 0 Å². The molecule has 0 aliphatic carbocycles. The summed E-state index contributed by atoms with van der Waals surface area (Å²) in [4.78, 5) is 0. The van der Waals surface area contributed by atoms with Crippen molar-refractivity contribution < 1.29 is 0 Å². The number of hydrogen-bond donors (Lipinski definition) is 0. The Balaban J connectivity index is 5.48. The van der Waals surface area contributed by atoms with Crippen LogP contribution in [0.25, 0.3) is 0 Å². The quantitative estimate of drug-likeness (QED) is 0.326. The summed E-state index contributed by atoms with van der Waals surface area (Å²) in [5.41, 5.74) is 4.36. The van der Waals surface area contributed by atoms with Crippen LogP contribution >= 0.6 is 0 Å². The molecule has 0 saturated carbocycles. The van der Waals surface area contributed by atoms with Crippen LogP contribution in [0.3, 0.4) is 0 Å². The van der Waals surface area contributed by atoms with Crippen molar-refractivity contribution in [2.45, 2.75) is 59.8 Å². The maximum absolute atomic E-state index is 9.11. The van der Waals surface area contributed by atoms with Crippen LogP contribution in [0, 0.1) is 17.2 Å². The minimum absolute atomic E-state index is 0.572. The Hall–Kier alpha value is -1.81. The molecule has 0 aromatic carbocycles. The fourth-order valence-electron chi connectivity index (χ4n) is 2.82. The standard InChI is InChI=1S/C21H31N/c1-7-12-19(11-5)21(18(9-3)10-4)15-14-20(13-8-2)17(6)16-22/h7,11-13,18H,5-6,8-10,14-15H2,1-4H3/b12-7-,20-13-,21-19-. The van der Waals surface area contributed by atoms with Gasteiger partial charge in [0, 0.05) is 5.57 Å². The first-order chi connectivity index (χ1) is 10.6. The van der Waals surface area contributed by atoms with E-state index in [1.165, 1.54) is 11.1 Å². The highest BCUT2D eigenvalue weighted by atomic mass is 14.3. The Morgan fingerprint density at radius 1 is 1.18 bits per heavy atom. The van der Waals surface area contributed by atoms with E-state index in [2.05, 4.69) is 58.2 Å². The molecule has 1 heteroatoms. The molecule has 0 aliphatic heterocycles. The van der Waals surface area contributed by atoms with E-state index in [1.54, 1.807) is 0 Å². The Bertz CT molecular complexity index is 490. The van der Waals surface area contributed by atoms with Crippen LogP contribution in [0.5, 0.6) is 0 Å². The van der Waals surface area contributed by atoms with Crippen LogP contribution in [0.1, 0.15) is 59.8 Å². The molecule has 0 amide bonds. The molecule has 1 nitrogen and oxygen atoms in total. The van der Waals surface area contributed by atoms with Gasteiger partial charge in [-0.05, 0) is 56.1 Å². The minimum Gasteiger partial charge on any atom is -0.192 e. The average Bonchev–Trinajstić information content (AvgIpc) is 2.54. The van der Waals surface area contributed by atoms with E-state index in [4.69, 9.17) is 5.26 Å². The van der Waals surface area contributed by atoms with Gasteiger partial charge < -0.3 is 0 Å². The normalized spacial score (nSPS) is 13.2. The van der Waals surface area contributed by atoms with Crippen molar-refractivity contribution in [3.63, 3.8) is 0 Å². The van der Waals surface area contributed by atoms with E-state index in [0.29, 0.717) is 11.5 Å². The van der Waals surface area contributed by atoms with E-state index in [-0.39, 0.29) is 0 Å². The van der Waals surface area contributed by atoms with Gasteiger partial charge in [-0.2, -0.15) is 5.26 Å². The predicted octanol–water partition coefficient (Wildman–Crippen LogP) is 6.68. The van der Waals surface area contributed by atoms with Gasteiger partial charge >= 0.3 is 0 Å². The molecule has 0 N–H and O–H groups in total. The van der Waals surface area contributed by atoms with Crippen molar-refractivity contribution >= 4 is 0 Å². The van der Waals surface area contributed by atoms with E-state index >= 15 is 0 Å². The molecule has 0 unspecified atom stereocenters. The molecular formula is C21H31N. The van der Waals surface area contributed by atoms with Crippen LogP contribution in [-0.2, 0) is 0 Å². The summed E-state index contributed by atoms with van der Waals surface area (Å²) >= 11 is 0. The Morgan fingerprint density at radius 2 is 1.82 bits per heavy atom. The van der Waals surface area contributed by atoms with Gasteiger partial charge in [-0.1, -0.05) is 63.8 Å². The lowest BCUT2D eigenvalue weighted by molar-refractivity contribution is 0.546. The van der Waals surface area contributed by atoms with Crippen LogP contribution in [0.4, 0.5) is 0 Å². The van der Waals surface area contributed by atoms with Gasteiger partial charge in [0.25, 0.3) is 0 Å². The van der Waals surface area contributed by atoms with Gasteiger partial charge in [-0.15, -0.1) is 0 Å². The summed E-state index contributed by atoms with van der Waals surface area (Å²) in [7, 11) is 0. The maximum Gasteiger partial charge on any atom is 0.0988 e. The third-order valence-corrected chi connectivity index (χ3v) is 4.05. The lowest BCUT2D eigenvalue weighted by atomic mass is 9.85. The average molecular weight is 297 g/mol. The number of hydrogen-bond acceptors (Lipinski definition) is 1. The van der Waals surface area contributed by atoms with E-state index < -0.39 is 0 Å². The smallest absolute Gasteiger partial charge is 0.0988 e. The fraction of sp³-hybridized carbons (Fsp3) is 0.476. The third-order valence-electron chi connectivity index (χ3n) is 4.05. The summed E-state index contributed by atoms with van der Waals surface area (Å²) in [5, 5.41) is 9.11. The zero-order valence-corrected chi connectivity index (χ0v) is 14.8. The van der Waals surface area contributed by atoms with Crippen molar-refractivity contribution in [1.82, 2.24) is 0 Å². The zero-order valence-electron chi connectivity index (χ0n) is 14.8. The predicted molar refractivity (Wildman–Crippen MR) is 98.5 cm³/mol. The molecule has 0 aromatic heterocycles. The van der Waals surface area contributed by atoms with Gasteiger partial charge in [0.1, 0.15) is 0 Å². The summed E-state index contributed by atoms with van der Waals surface area (Å²) in [6.45, 7) is 16.5. The summed E-state index contributed by atoms with van der Waals surface area (Å²) in [6.07, 6.45) is 13.3. The molecule has 0 fully saturated rings. The molecule has 22 heavy (non-hydrogen) atoms. The number of allylic oxidation sites excluding steroid dienone is 8. The molecule has 0 aliphatic rings. The molecule has 0 heterocycles. The molecular weight excluding hydrogens is 266 g/mol. The van der Waals surface area contributed by atoms with Crippen molar-refractivity contribution in [2.75, 3.05) is 0 Å². The maximum atomic E-state index is 9.11. The largest absolute Gasteiger partial charge is 0.192 e. The SMILES string of the molecule is C=CC(/C=C\C)=C(\CC/C(=C/CC)C(=C)C#N)C(CC)CC. The highest BCUT2D eigenvalue weighted by Gasteiger charge is 2.14. The summed E-state index contributed by atoms with van der Waals surface area (Å²) in [5.74, 6) is 0.572. The molecule has 0 aromatic rings. The molecule has 0 bridgehead atoms. The van der Waals surface area contributed by atoms with Crippen molar-refractivity contribution in [1.29, 1.82) is 5.26 Å². The first kappa shape index (κ1) is 20.2. The van der Waals surface area contributed by atoms with Gasteiger partial charge in [-0.25, -0.2) is 0 Å². The summed E-state index contributed by atoms with van der Waals surface area (Å²) in [6, 6.07) is 2.19. The Labute approximate surface area is 137 Å². The van der Waals surface area contributed by atoms with E-state index in [1.807, 2.05) is 13.0 Å². The first-order valence-electron chi connectivity index (χ1n) is 8.35. The summed E-state index contributed by atoms with van der Waals surface area (Å²) < 4.78 is 0. The van der Waals surface area contributed by atoms with Gasteiger partial charge in [0.15, 0.2) is 0 Å². The molecule has 0 atom stereocenters. The number of nitriles is 1. The third kappa shape index (κ3) is 6.31. The van der Waals surface area contributed by atoms with Crippen LogP contribution in [0.2, 0.25) is 0 Å². The van der Waals surface area contributed by atoms with Crippen molar-refractivity contribution in [3.05, 3.63) is 59.8 Å². The van der Waals surface area contributed by atoms with Gasteiger partial charge in [-0.3, -0.25) is 0 Å². The monoisotopic (exact) mass is 297 g/mol. The molecule has 120 valence electrons. The zero-order chi connectivity index (χ0) is 17.0. The van der Waals surface area contributed by atoms with Gasteiger partial charge in [0.05, 0.1) is 6.07 Å². The second-order valence-electron chi connectivity index (χ2n) is 5.43. The molecule has 0 saturated heterocycles. The Kier molecular flexibility index (Phi) is 10.8. The van der Waals surface area contributed by atoms with Gasteiger partial charge in [0.2, 0.25) is 0 Å². The highest BCUT2D eigenvalue weighted by molar-refractivity contribution is 5.41. The minimum atomic E-state index is 0.572. The number of rotatable bonds is 10. The van der Waals surface area contributed by atoms with Crippen LogP contribution in [0.15, 0.2) is 59.8 Å². The second-order valence-corrected chi connectivity index (χ2v) is 5.43. The molecule has 0 radical (unpaired) electrons. The molecule has 0 spiro atoms. The fourth-order valence-corrected chi connectivity index (χ4v) is 2.82. The number of nitrogens with zero attached hydrogens (tertiary/aromatic N) is 1. The van der Waals surface area contributed by atoms with E-state index in [0.717, 1.165) is 37.7 Å². The lowest BCUT2D eigenvalue weighted by Crippen LogP contribution is -2.05. The highest BCUT2D eigenvalue weighted by Crippen LogP contribution is 2.30. The topological polar surface area (TPSA) is 23.8 Å². The lowest BCUT2D eigenvalue weighted by Gasteiger charge is -2.20. The van der Waals surface area contributed by atoms with Crippen molar-refractivity contribution in [3.8, 4) is 6.07 Å². The van der Waals surface area contributed by atoms with Crippen LogP contribution < -0.4 is 0 Å². The van der Waals surface area contributed by atoms with E-state index in [9.17, 15) is 0 Å². The Morgan fingerprint density at radius 3 is 2.23 bits per heavy atom. The first-order valence-corrected chi connectivity index (χ1v) is 8.35.